The Kier molecular flexibility index (Phi) is 7.33. The molecule has 1 N–H and O–H groups in total. The topological polar surface area (TPSA) is 40.1 Å². The molecule has 2 aliphatic rings. The number of benzene rings is 1. The van der Waals surface area contributed by atoms with E-state index in [4.69, 9.17) is 4.74 Å². The van der Waals surface area contributed by atoms with Crippen LogP contribution in [0.3, 0.4) is 0 Å². The van der Waals surface area contributed by atoms with E-state index in [1.165, 1.54) is 57.5 Å². The maximum atomic E-state index is 13.3. The first-order valence-electron chi connectivity index (χ1n) is 10.2. The first kappa shape index (κ1) is 19.9. The maximum Gasteiger partial charge on any atom is 0.193 e. The second-order valence-electron chi connectivity index (χ2n) is 7.78. The minimum Gasteiger partial charge on any atom is -0.489 e. The van der Waals surface area contributed by atoms with Gasteiger partial charge in [-0.25, -0.2) is 4.39 Å². The molecule has 1 aromatic rings. The van der Waals surface area contributed by atoms with Crippen LogP contribution in [0.2, 0.25) is 0 Å². The summed E-state index contributed by atoms with van der Waals surface area (Å²) < 4.78 is 19.1. The van der Waals surface area contributed by atoms with Gasteiger partial charge in [-0.05, 0) is 57.3 Å². The molecule has 2 aliphatic heterocycles. The van der Waals surface area contributed by atoms with Gasteiger partial charge in [-0.1, -0.05) is 12.5 Å². The van der Waals surface area contributed by atoms with Crippen LogP contribution in [-0.4, -0.2) is 68.2 Å². The summed E-state index contributed by atoms with van der Waals surface area (Å²) >= 11 is 0. The summed E-state index contributed by atoms with van der Waals surface area (Å²) in [7, 11) is 1.83. The first-order valence-corrected chi connectivity index (χ1v) is 10.2. The summed E-state index contributed by atoms with van der Waals surface area (Å²) in [5.41, 5.74) is 0. The highest BCUT2D eigenvalue weighted by atomic mass is 19.1. The molecule has 27 heavy (non-hydrogen) atoms. The van der Waals surface area contributed by atoms with Gasteiger partial charge in [0.1, 0.15) is 17.7 Å². The van der Waals surface area contributed by atoms with Crippen molar-refractivity contribution in [1.82, 2.24) is 15.1 Å². The van der Waals surface area contributed by atoms with Crippen molar-refractivity contribution < 1.29 is 9.13 Å². The van der Waals surface area contributed by atoms with E-state index in [9.17, 15) is 4.39 Å². The third-order valence-corrected chi connectivity index (χ3v) is 5.44. The molecule has 0 saturated carbocycles. The van der Waals surface area contributed by atoms with E-state index in [0.29, 0.717) is 12.3 Å². The predicted octanol–water partition coefficient (Wildman–Crippen LogP) is 2.98. The van der Waals surface area contributed by atoms with Crippen LogP contribution in [0.25, 0.3) is 0 Å². The Hall–Kier alpha value is -1.82. The number of hydrogen-bond acceptors (Lipinski definition) is 3. The van der Waals surface area contributed by atoms with Crippen molar-refractivity contribution in [3.05, 3.63) is 30.1 Å². The van der Waals surface area contributed by atoms with Crippen molar-refractivity contribution >= 4 is 5.96 Å². The third kappa shape index (κ3) is 6.09. The van der Waals surface area contributed by atoms with Crippen LogP contribution < -0.4 is 10.1 Å². The second-order valence-corrected chi connectivity index (χ2v) is 7.78. The lowest BCUT2D eigenvalue weighted by molar-refractivity contribution is 0.197. The fourth-order valence-electron chi connectivity index (χ4n) is 4.06. The van der Waals surface area contributed by atoms with Crippen LogP contribution in [-0.2, 0) is 0 Å². The normalized spacial score (nSPS) is 22.7. The number of ether oxygens (including phenoxy) is 1. The average Bonchev–Trinajstić information content (AvgIpc) is 3.11. The zero-order valence-corrected chi connectivity index (χ0v) is 16.7. The maximum absolute atomic E-state index is 13.3. The Morgan fingerprint density at radius 3 is 2.85 bits per heavy atom. The quantitative estimate of drug-likeness (QED) is 0.612. The molecular formula is C21H33FN4O. The van der Waals surface area contributed by atoms with Crippen molar-refractivity contribution in [2.24, 2.45) is 10.9 Å². The van der Waals surface area contributed by atoms with E-state index in [2.05, 4.69) is 20.1 Å². The Morgan fingerprint density at radius 2 is 2.11 bits per heavy atom. The number of nitrogens with one attached hydrogen (secondary N) is 1. The summed E-state index contributed by atoms with van der Waals surface area (Å²) in [4.78, 5) is 9.43. The molecule has 6 heteroatoms. The van der Waals surface area contributed by atoms with Gasteiger partial charge >= 0.3 is 0 Å². The van der Waals surface area contributed by atoms with Crippen molar-refractivity contribution in [1.29, 1.82) is 0 Å². The number of guanidine groups is 1. The molecule has 3 rings (SSSR count). The molecule has 0 aromatic heterocycles. The van der Waals surface area contributed by atoms with Crippen LogP contribution >= 0.6 is 0 Å². The van der Waals surface area contributed by atoms with Gasteiger partial charge in [-0.15, -0.1) is 0 Å². The van der Waals surface area contributed by atoms with Gasteiger partial charge in [0.2, 0.25) is 0 Å². The Balaban J connectivity index is 1.42. The zero-order valence-electron chi connectivity index (χ0n) is 16.7. The average molecular weight is 377 g/mol. The van der Waals surface area contributed by atoms with E-state index < -0.39 is 0 Å². The van der Waals surface area contributed by atoms with Crippen molar-refractivity contribution in [3.8, 4) is 5.75 Å². The molecule has 0 aliphatic carbocycles. The molecular weight excluding hydrogens is 343 g/mol. The molecule has 0 radical (unpaired) electrons. The van der Waals surface area contributed by atoms with Crippen LogP contribution in [0.15, 0.2) is 29.3 Å². The van der Waals surface area contributed by atoms with Crippen LogP contribution in [0, 0.1) is 11.7 Å². The van der Waals surface area contributed by atoms with Gasteiger partial charge in [0.25, 0.3) is 0 Å². The fourth-order valence-corrected chi connectivity index (χ4v) is 4.06. The number of nitrogens with zero attached hydrogens (tertiary/aromatic N) is 3. The molecule has 150 valence electrons. The van der Waals surface area contributed by atoms with E-state index >= 15 is 0 Å². The lowest BCUT2D eigenvalue weighted by Crippen LogP contribution is -2.44. The van der Waals surface area contributed by atoms with E-state index in [1.54, 1.807) is 12.1 Å². The molecule has 2 heterocycles. The van der Waals surface area contributed by atoms with E-state index in [0.717, 1.165) is 25.0 Å². The van der Waals surface area contributed by atoms with Crippen molar-refractivity contribution in [2.75, 3.05) is 46.3 Å². The van der Waals surface area contributed by atoms with Gasteiger partial charge in [0.05, 0.1) is 6.54 Å². The Bertz CT molecular complexity index is 618. The van der Waals surface area contributed by atoms with Gasteiger partial charge in [-0.2, -0.15) is 0 Å². The fraction of sp³-hybridized carbons (Fsp3) is 0.667. The molecule has 2 saturated heterocycles. The highest BCUT2D eigenvalue weighted by Crippen LogP contribution is 2.20. The molecule has 2 fully saturated rings. The van der Waals surface area contributed by atoms with Gasteiger partial charge in [0.15, 0.2) is 5.96 Å². The monoisotopic (exact) mass is 376 g/mol. The smallest absolute Gasteiger partial charge is 0.193 e. The number of piperidine rings is 1. The number of rotatable bonds is 6. The lowest BCUT2D eigenvalue weighted by atomic mass is 10.1. The minimum absolute atomic E-state index is 0.0738. The summed E-state index contributed by atoms with van der Waals surface area (Å²) in [6, 6.07) is 6.28. The van der Waals surface area contributed by atoms with Gasteiger partial charge in [-0.3, -0.25) is 4.99 Å². The summed E-state index contributed by atoms with van der Waals surface area (Å²) in [5, 5.41) is 3.41. The summed E-state index contributed by atoms with van der Waals surface area (Å²) in [6.07, 6.45) is 5.24. The van der Waals surface area contributed by atoms with Crippen LogP contribution in [0.4, 0.5) is 4.39 Å². The SMILES string of the molecule is CN=C(NCC(C)Oc1cccc(F)c1)N1CCC(CN2CCCCC2)C1. The molecule has 0 spiro atoms. The Labute approximate surface area is 162 Å². The van der Waals surface area contributed by atoms with Gasteiger partial charge < -0.3 is 19.9 Å². The highest BCUT2D eigenvalue weighted by Gasteiger charge is 2.27. The molecule has 2 unspecified atom stereocenters. The highest BCUT2D eigenvalue weighted by molar-refractivity contribution is 5.80. The molecule has 1 aromatic carbocycles. The van der Waals surface area contributed by atoms with Crippen LogP contribution in [0.1, 0.15) is 32.6 Å². The largest absolute Gasteiger partial charge is 0.489 e. The lowest BCUT2D eigenvalue weighted by Gasteiger charge is -2.29. The van der Waals surface area contributed by atoms with Crippen molar-refractivity contribution in [2.45, 2.75) is 38.7 Å². The number of hydrogen-bond donors (Lipinski definition) is 1. The predicted molar refractivity (Wildman–Crippen MR) is 108 cm³/mol. The second kappa shape index (κ2) is 9.93. The van der Waals surface area contributed by atoms with E-state index in [-0.39, 0.29) is 11.9 Å². The summed E-state index contributed by atoms with van der Waals surface area (Å²) in [6.45, 7) is 8.47. The summed E-state index contributed by atoms with van der Waals surface area (Å²) in [5.74, 6) is 1.94. The first-order chi connectivity index (χ1) is 13.1. The number of halogens is 1. The molecule has 0 amide bonds. The third-order valence-electron chi connectivity index (χ3n) is 5.44. The van der Waals surface area contributed by atoms with E-state index in [1.807, 2.05) is 14.0 Å². The number of likely N-dealkylation sites (tertiary alicyclic amines) is 2. The number of aliphatic imine (C=N–C) groups is 1. The van der Waals surface area contributed by atoms with Gasteiger partial charge in [0, 0.05) is 32.7 Å². The van der Waals surface area contributed by atoms with Crippen molar-refractivity contribution in [3.63, 3.8) is 0 Å². The standard InChI is InChI=1S/C21H33FN4O/c1-17(27-20-8-6-7-19(22)13-20)14-24-21(23-2)26-12-9-18(16-26)15-25-10-4-3-5-11-25/h6-8,13,17-18H,3-5,9-12,14-16H2,1-2H3,(H,23,24). The molecule has 0 bridgehead atoms. The minimum atomic E-state index is -0.278. The van der Waals surface area contributed by atoms with Crippen LogP contribution in [0.5, 0.6) is 5.75 Å². The zero-order chi connectivity index (χ0) is 19.1. The molecule has 5 nitrogen and oxygen atoms in total. The Morgan fingerprint density at radius 1 is 1.30 bits per heavy atom. The molecule has 2 atom stereocenters.